The van der Waals surface area contributed by atoms with Crippen LogP contribution >= 0.6 is 0 Å². The van der Waals surface area contributed by atoms with Crippen molar-refractivity contribution < 1.29 is 27.6 Å². The number of rotatable bonds is 6. The number of carbonyl (C=O) groups is 1. The standard InChI is InChI=1S/C26H35F2N3O4/c27-22-15-21-24(16-23(22)28)35-30-25(21)18-6-11-31(12-7-18)10-5-17-1-3-19(4-2-17)29-26(32)34-20-8-13-33-14-9-20/h15-20H,1-14H2,(H,29,32). The smallest absolute Gasteiger partial charge is 0.407 e. The van der Waals surface area contributed by atoms with Crippen molar-refractivity contribution in [1.82, 2.24) is 15.4 Å². The summed E-state index contributed by atoms with van der Waals surface area (Å²) in [5, 5.41) is 7.78. The molecule has 35 heavy (non-hydrogen) atoms. The van der Waals surface area contributed by atoms with Gasteiger partial charge in [0.05, 0.1) is 18.9 Å². The Hall–Kier alpha value is -2.26. The summed E-state index contributed by atoms with van der Waals surface area (Å²) in [6.07, 6.45) is 8.58. The Bertz CT molecular complexity index is 994. The van der Waals surface area contributed by atoms with Crippen LogP contribution in [0.25, 0.3) is 11.0 Å². The number of aromatic nitrogens is 1. The van der Waals surface area contributed by atoms with Gasteiger partial charge >= 0.3 is 6.09 Å². The van der Waals surface area contributed by atoms with Gasteiger partial charge < -0.3 is 24.2 Å². The van der Waals surface area contributed by atoms with Gasteiger partial charge in [0.15, 0.2) is 17.2 Å². The molecule has 2 aromatic rings. The number of alkyl carbamates (subject to hydrolysis) is 1. The van der Waals surface area contributed by atoms with Gasteiger partial charge in [0.25, 0.3) is 0 Å². The normalized spacial score (nSPS) is 25.1. The van der Waals surface area contributed by atoms with E-state index in [9.17, 15) is 13.6 Å². The lowest BCUT2D eigenvalue weighted by atomic mass is 9.84. The van der Waals surface area contributed by atoms with Crippen LogP contribution in [-0.2, 0) is 9.47 Å². The largest absolute Gasteiger partial charge is 0.446 e. The predicted octanol–water partition coefficient (Wildman–Crippen LogP) is 5.14. The van der Waals surface area contributed by atoms with Crippen molar-refractivity contribution in [3.05, 3.63) is 29.5 Å². The number of piperidine rings is 1. The highest BCUT2D eigenvalue weighted by atomic mass is 19.2. The molecule has 3 heterocycles. The lowest BCUT2D eigenvalue weighted by Gasteiger charge is -2.34. The van der Waals surface area contributed by atoms with Gasteiger partial charge in [0, 0.05) is 36.3 Å². The second kappa shape index (κ2) is 11.2. The molecule has 2 saturated heterocycles. The SMILES string of the molecule is O=C(NC1CCC(CCN2CCC(c3noc4cc(F)c(F)cc34)CC2)CC1)OC1CCOCC1. The summed E-state index contributed by atoms with van der Waals surface area (Å²) >= 11 is 0. The van der Waals surface area contributed by atoms with Gasteiger partial charge in [-0.3, -0.25) is 0 Å². The minimum Gasteiger partial charge on any atom is -0.446 e. The zero-order chi connectivity index (χ0) is 24.2. The second-order valence-corrected chi connectivity index (χ2v) is 10.3. The molecule has 2 aliphatic heterocycles. The Morgan fingerprint density at radius 3 is 2.49 bits per heavy atom. The van der Waals surface area contributed by atoms with E-state index in [1.807, 2.05) is 0 Å². The summed E-state index contributed by atoms with van der Waals surface area (Å²) in [7, 11) is 0. The van der Waals surface area contributed by atoms with Crippen molar-refractivity contribution in [3.8, 4) is 0 Å². The first-order valence-electron chi connectivity index (χ1n) is 13.1. The Kier molecular flexibility index (Phi) is 7.82. The highest BCUT2D eigenvalue weighted by Gasteiger charge is 2.28. The Morgan fingerprint density at radius 1 is 1.03 bits per heavy atom. The van der Waals surface area contributed by atoms with Crippen molar-refractivity contribution in [1.29, 1.82) is 0 Å². The molecule has 3 aliphatic rings. The quantitative estimate of drug-likeness (QED) is 0.603. The number of amides is 1. The van der Waals surface area contributed by atoms with Crippen LogP contribution in [0.15, 0.2) is 16.7 Å². The Labute approximate surface area is 204 Å². The third-order valence-electron chi connectivity index (χ3n) is 7.98. The van der Waals surface area contributed by atoms with Crippen molar-refractivity contribution >= 4 is 17.1 Å². The molecule has 0 unspecified atom stereocenters. The van der Waals surface area contributed by atoms with Gasteiger partial charge in [-0.05, 0) is 76.6 Å². The summed E-state index contributed by atoms with van der Waals surface area (Å²) in [5.41, 5.74) is 1.06. The number of likely N-dealkylation sites (tertiary alicyclic amines) is 1. The zero-order valence-electron chi connectivity index (χ0n) is 20.1. The van der Waals surface area contributed by atoms with Crippen LogP contribution in [-0.4, -0.2) is 61.1 Å². The molecule has 1 aromatic heterocycles. The minimum absolute atomic E-state index is 0.0172. The molecular weight excluding hydrogens is 456 g/mol. The number of nitrogens with one attached hydrogen (secondary N) is 1. The number of fused-ring (bicyclic) bond motifs is 1. The van der Waals surface area contributed by atoms with E-state index in [1.165, 1.54) is 12.5 Å². The monoisotopic (exact) mass is 491 g/mol. The number of halogens is 2. The number of benzene rings is 1. The summed E-state index contributed by atoms with van der Waals surface area (Å²) in [4.78, 5) is 14.7. The summed E-state index contributed by atoms with van der Waals surface area (Å²) in [6.45, 7) is 4.34. The van der Waals surface area contributed by atoms with Crippen LogP contribution in [0.3, 0.4) is 0 Å². The average molecular weight is 492 g/mol. The van der Waals surface area contributed by atoms with E-state index in [4.69, 9.17) is 14.0 Å². The van der Waals surface area contributed by atoms with Crippen LogP contribution in [0.5, 0.6) is 0 Å². The van der Waals surface area contributed by atoms with Crippen LogP contribution in [0, 0.1) is 17.6 Å². The molecule has 9 heteroatoms. The maximum Gasteiger partial charge on any atom is 0.407 e. The van der Waals surface area contributed by atoms with E-state index in [2.05, 4.69) is 15.4 Å². The first-order valence-corrected chi connectivity index (χ1v) is 13.1. The van der Waals surface area contributed by atoms with Gasteiger partial charge in [-0.1, -0.05) is 5.16 Å². The molecule has 192 valence electrons. The number of hydrogen-bond acceptors (Lipinski definition) is 6. The van der Waals surface area contributed by atoms with E-state index < -0.39 is 11.6 Å². The molecule has 1 aliphatic carbocycles. The fraction of sp³-hybridized carbons (Fsp3) is 0.692. The molecule has 7 nitrogen and oxygen atoms in total. The number of hydrogen-bond donors (Lipinski definition) is 1. The Morgan fingerprint density at radius 2 is 1.74 bits per heavy atom. The second-order valence-electron chi connectivity index (χ2n) is 10.3. The first kappa shape index (κ1) is 24.4. The molecule has 0 bridgehead atoms. The molecule has 0 spiro atoms. The van der Waals surface area contributed by atoms with Gasteiger partial charge in [-0.25, -0.2) is 13.6 Å². The highest BCUT2D eigenvalue weighted by Crippen LogP contribution is 2.34. The number of ether oxygens (including phenoxy) is 2. The van der Waals surface area contributed by atoms with E-state index >= 15 is 0 Å². The lowest BCUT2D eigenvalue weighted by molar-refractivity contribution is 0.000269. The molecule has 0 radical (unpaired) electrons. The van der Waals surface area contributed by atoms with Crippen molar-refractivity contribution in [2.75, 3.05) is 32.8 Å². The van der Waals surface area contributed by atoms with E-state index in [1.54, 1.807) is 0 Å². The van der Waals surface area contributed by atoms with Gasteiger partial charge in [-0.2, -0.15) is 0 Å². The zero-order valence-corrected chi connectivity index (χ0v) is 20.1. The third-order valence-corrected chi connectivity index (χ3v) is 7.98. The Balaban J connectivity index is 1.00. The lowest BCUT2D eigenvalue weighted by Crippen LogP contribution is -2.41. The number of nitrogens with zero attached hydrogens (tertiary/aromatic N) is 2. The maximum atomic E-state index is 13.7. The first-order chi connectivity index (χ1) is 17.0. The van der Waals surface area contributed by atoms with Gasteiger partial charge in [0.1, 0.15) is 6.10 Å². The fourth-order valence-electron chi connectivity index (χ4n) is 5.78. The van der Waals surface area contributed by atoms with Crippen molar-refractivity contribution in [3.63, 3.8) is 0 Å². The molecule has 5 rings (SSSR count). The molecular formula is C26H35F2N3O4. The predicted molar refractivity (Wildman–Crippen MR) is 126 cm³/mol. The summed E-state index contributed by atoms with van der Waals surface area (Å²) in [6, 6.07) is 2.50. The summed E-state index contributed by atoms with van der Waals surface area (Å²) < 4.78 is 43.3. The molecule has 0 atom stereocenters. The van der Waals surface area contributed by atoms with Crippen LogP contribution in [0.4, 0.5) is 13.6 Å². The molecule has 1 N–H and O–H groups in total. The highest BCUT2D eigenvalue weighted by molar-refractivity contribution is 5.80. The molecule has 1 aromatic carbocycles. The molecule has 3 fully saturated rings. The van der Waals surface area contributed by atoms with E-state index in [-0.39, 0.29) is 24.2 Å². The average Bonchev–Trinajstić information content (AvgIpc) is 3.27. The van der Waals surface area contributed by atoms with Gasteiger partial charge in [0.2, 0.25) is 0 Å². The third kappa shape index (κ3) is 6.12. The van der Waals surface area contributed by atoms with Crippen molar-refractivity contribution in [2.45, 2.75) is 75.9 Å². The van der Waals surface area contributed by atoms with Crippen LogP contribution in [0.2, 0.25) is 0 Å². The minimum atomic E-state index is -0.908. The van der Waals surface area contributed by atoms with Gasteiger partial charge in [-0.15, -0.1) is 0 Å². The van der Waals surface area contributed by atoms with Crippen LogP contribution < -0.4 is 5.32 Å². The topological polar surface area (TPSA) is 76.8 Å². The van der Waals surface area contributed by atoms with E-state index in [0.29, 0.717) is 30.1 Å². The van der Waals surface area contributed by atoms with E-state index in [0.717, 1.165) is 82.8 Å². The molecule has 1 amide bonds. The fourth-order valence-corrected chi connectivity index (χ4v) is 5.78. The molecule has 1 saturated carbocycles. The number of carbonyl (C=O) groups excluding carboxylic acids is 1. The van der Waals surface area contributed by atoms with Crippen LogP contribution in [0.1, 0.15) is 69.4 Å². The van der Waals surface area contributed by atoms with Crippen molar-refractivity contribution in [2.24, 2.45) is 5.92 Å². The maximum absolute atomic E-state index is 13.7. The summed E-state index contributed by atoms with van der Waals surface area (Å²) in [5.74, 6) is -0.871.